The van der Waals surface area contributed by atoms with Crippen molar-refractivity contribution in [2.45, 2.75) is 38.6 Å². The Morgan fingerprint density at radius 1 is 1.42 bits per heavy atom. The minimum atomic E-state index is 0.560. The van der Waals surface area contributed by atoms with E-state index in [2.05, 4.69) is 31.9 Å². The largest absolute Gasteiger partial charge is 0.325 e. The van der Waals surface area contributed by atoms with Gasteiger partial charge in [-0.15, -0.1) is 0 Å². The molecule has 2 aromatic rings. The first-order valence-electron chi connectivity index (χ1n) is 6.68. The lowest BCUT2D eigenvalue weighted by Gasteiger charge is -2.09. The topological polar surface area (TPSA) is 81.6 Å². The fourth-order valence-corrected chi connectivity index (χ4v) is 2.19. The quantitative estimate of drug-likeness (QED) is 0.632. The maximum absolute atomic E-state index is 5.48. The SMILES string of the molecule is CCCc1cc(NN)nc(-c2cncn2C2CC2)n1. The lowest BCUT2D eigenvalue weighted by molar-refractivity contribution is 0.741. The van der Waals surface area contributed by atoms with Gasteiger partial charge in [0.15, 0.2) is 5.82 Å². The van der Waals surface area contributed by atoms with Gasteiger partial charge in [-0.3, -0.25) is 0 Å². The van der Waals surface area contributed by atoms with Crippen LogP contribution in [0.25, 0.3) is 11.5 Å². The minimum absolute atomic E-state index is 0.560. The van der Waals surface area contributed by atoms with Gasteiger partial charge in [0.25, 0.3) is 0 Å². The highest BCUT2D eigenvalue weighted by Crippen LogP contribution is 2.37. The maximum Gasteiger partial charge on any atom is 0.180 e. The van der Waals surface area contributed by atoms with Crippen molar-refractivity contribution in [1.29, 1.82) is 0 Å². The molecule has 0 aliphatic heterocycles. The number of hydrogen-bond donors (Lipinski definition) is 2. The molecule has 3 rings (SSSR count). The van der Waals surface area contributed by atoms with Gasteiger partial charge in [0.2, 0.25) is 0 Å². The predicted octanol–water partition coefficient (Wildman–Crippen LogP) is 1.91. The van der Waals surface area contributed by atoms with Crippen LogP contribution in [0.3, 0.4) is 0 Å². The zero-order chi connectivity index (χ0) is 13.2. The van der Waals surface area contributed by atoms with Crippen LogP contribution >= 0.6 is 0 Å². The number of nitrogens with two attached hydrogens (primary N) is 1. The van der Waals surface area contributed by atoms with E-state index in [-0.39, 0.29) is 0 Å². The molecule has 6 heteroatoms. The van der Waals surface area contributed by atoms with Crippen LogP contribution in [0, 0.1) is 0 Å². The molecule has 2 aromatic heterocycles. The van der Waals surface area contributed by atoms with Crippen molar-refractivity contribution in [2.24, 2.45) is 5.84 Å². The molecule has 0 unspecified atom stereocenters. The van der Waals surface area contributed by atoms with E-state index < -0.39 is 0 Å². The molecule has 1 aliphatic carbocycles. The van der Waals surface area contributed by atoms with E-state index >= 15 is 0 Å². The van der Waals surface area contributed by atoms with Gasteiger partial charge in [-0.25, -0.2) is 20.8 Å². The lowest BCUT2D eigenvalue weighted by Crippen LogP contribution is -2.11. The molecule has 0 amide bonds. The molecule has 2 heterocycles. The van der Waals surface area contributed by atoms with Crippen molar-refractivity contribution in [1.82, 2.24) is 19.5 Å². The second-order valence-electron chi connectivity index (χ2n) is 4.88. The highest BCUT2D eigenvalue weighted by atomic mass is 15.3. The van der Waals surface area contributed by atoms with Crippen molar-refractivity contribution in [2.75, 3.05) is 5.43 Å². The summed E-state index contributed by atoms with van der Waals surface area (Å²) in [5, 5.41) is 0. The van der Waals surface area contributed by atoms with Gasteiger partial charge < -0.3 is 9.99 Å². The van der Waals surface area contributed by atoms with Gasteiger partial charge in [0.1, 0.15) is 11.5 Å². The monoisotopic (exact) mass is 258 g/mol. The number of hydrazine groups is 1. The van der Waals surface area contributed by atoms with Gasteiger partial charge in [-0.05, 0) is 19.3 Å². The zero-order valence-corrected chi connectivity index (χ0v) is 11.0. The van der Waals surface area contributed by atoms with Gasteiger partial charge in [-0.2, -0.15) is 0 Å². The average Bonchev–Trinajstić information content (AvgIpc) is 3.16. The number of nitrogens with zero attached hydrogens (tertiary/aromatic N) is 4. The molecular weight excluding hydrogens is 240 g/mol. The zero-order valence-electron chi connectivity index (χ0n) is 11.0. The van der Waals surface area contributed by atoms with E-state index in [9.17, 15) is 0 Å². The van der Waals surface area contributed by atoms with Gasteiger partial charge in [0, 0.05) is 17.8 Å². The summed E-state index contributed by atoms with van der Waals surface area (Å²) in [5.74, 6) is 6.83. The Kier molecular flexibility index (Phi) is 3.16. The van der Waals surface area contributed by atoms with Crippen LogP contribution < -0.4 is 11.3 Å². The number of aryl methyl sites for hydroxylation is 1. The Morgan fingerprint density at radius 2 is 2.26 bits per heavy atom. The third-order valence-corrected chi connectivity index (χ3v) is 3.27. The van der Waals surface area contributed by atoms with E-state index in [4.69, 9.17) is 5.84 Å². The number of anilines is 1. The average molecular weight is 258 g/mol. The van der Waals surface area contributed by atoms with E-state index in [0.717, 1.165) is 24.2 Å². The fraction of sp³-hybridized carbons (Fsp3) is 0.462. The first-order valence-corrected chi connectivity index (χ1v) is 6.68. The van der Waals surface area contributed by atoms with Crippen LogP contribution in [0.5, 0.6) is 0 Å². The normalized spacial score (nSPS) is 14.6. The van der Waals surface area contributed by atoms with Crippen molar-refractivity contribution < 1.29 is 0 Å². The van der Waals surface area contributed by atoms with Gasteiger partial charge >= 0.3 is 0 Å². The van der Waals surface area contributed by atoms with Crippen LogP contribution in [0.4, 0.5) is 5.82 Å². The Hall–Kier alpha value is -1.95. The number of aromatic nitrogens is 4. The highest BCUT2D eigenvalue weighted by Gasteiger charge is 2.26. The summed E-state index contributed by atoms with van der Waals surface area (Å²) in [4.78, 5) is 13.3. The predicted molar refractivity (Wildman–Crippen MR) is 73.3 cm³/mol. The molecule has 0 bridgehead atoms. The summed E-state index contributed by atoms with van der Waals surface area (Å²) >= 11 is 0. The fourth-order valence-electron chi connectivity index (χ4n) is 2.19. The molecule has 0 aromatic carbocycles. The van der Waals surface area contributed by atoms with Crippen molar-refractivity contribution in [3.05, 3.63) is 24.3 Å². The molecule has 0 spiro atoms. The first-order chi connectivity index (χ1) is 9.31. The number of hydrogen-bond acceptors (Lipinski definition) is 5. The van der Waals surface area contributed by atoms with Gasteiger partial charge in [-0.1, -0.05) is 13.3 Å². The third-order valence-electron chi connectivity index (χ3n) is 3.27. The van der Waals surface area contributed by atoms with Gasteiger partial charge in [0.05, 0.1) is 12.5 Å². The number of nitrogens with one attached hydrogen (secondary N) is 1. The standard InChI is InChI=1S/C13H18N6/c1-2-3-9-6-12(18-14)17-13(16-9)11-7-15-8-19(11)10-4-5-10/h6-8,10H,2-5,14H2,1H3,(H,16,17,18). The molecule has 6 nitrogen and oxygen atoms in total. The number of rotatable bonds is 5. The van der Waals surface area contributed by atoms with Crippen molar-refractivity contribution in [3.63, 3.8) is 0 Å². The second-order valence-corrected chi connectivity index (χ2v) is 4.88. The Labute approximate surface area is 112 Å². The molecule has 0 atom stereocenters. The molecule has 0 radical (unpaired) electrons. The van der Waals surface area contributed by atoms with E-state index in [1.807, 2.05) is 18.6 Å². The first kappa shape index (κ1) is 12.1. The maximum atomic E-state index is 5.48. The summed E-state index contributed by atoms with van der Waals surface area (Å²) in [6.07, 6.45) is 8.06. The Bertz CT molecular complexity index is 572. The summed E-state index contributed by atoms with van der Waals surface area (Å²) in [6, 6.07) is 2.45. The minimum Gasteiger partial charge on any atom is -0.325 e. The van der Waals surface area contributed by atoms with E-state index in [1.165, 1.54) is 12.8 Å². The molecule has 1 fully saturated rings. The smallest absolute Gasteiger partial charge is 0.180 e. The molecule has 0 saturated heterocycles. The van der Waals surface area contributed by atoms with E-state index in [0.29, 0.717) is 17.7 Å². The summed E-state index contributed by atoms with van der Waals surface area (Å²) in [6.45, 7) is 2.13. The summed E-state index contributed by atoms with van der Waals surface area (Å²) in [7, 11) is 0. The number of imidazole rings is 1. The lowest BCUT2D eigenvalue weighted by atomic mass is 10.2. The molecule has 1 aliphatic rings. The third kappa shape index (κ3) is 2.44. The van der Waals surface area contributed by atoms with Crippen molar-refractivity contribution in [3.8, 4) is 11.5 Å². The highest BCUT2D eigenvalue weighted by molar-refractivity contribution is 5.53. The molecular formula is C13H18N6. The molecule has 19 heavy (non-hydrogen) atoms. The van der Waals surface area contributed by atoms with E-state index in [1.54, 1.807) is 0 Å². The van der Waals surface area contributed by atoms with Crippen LogP contribution in [-0.4, -0.2) is 19.5 Å². The number of nitrogen functional groups attached to an aromatic ring is 1. The van der Waals surface area contributed by atoms with Crippen LogP contribution in [0.1, 0.15) is 37.9 Å². The summed E-state index contributed by atoms with van der Waals surface area (Å²) < 4.78 is 2.16. The Morgan fingerprint density at radius 3 is 2.95 bits per heavy atom. The Balaban J connectivity index is 2.02. The van der Waals surface area contributed by atoms with Crippen molar-refractivity contribution >= 4 is 5.82 Å². The second kappa shape index (κ2) is 4.97. The van der Waals surface area contributed by atoms with Crippen LogP contribution in [0.2, 0.25) is 0 Å². The molecule has 3 N–H and O–H groups in total. The molecule has 1 saturated carbocycles. The van der Waals surface area contributed by atoms with Crippen LogP contribution in [0.15, 0.2) is 18.6 Å². The van der Waals surface area contributed by atoms with Crippen LogP contribution in [-0.2, 0) is 6.42 Å². The summed E-state index contributed by atoms with van der Waals surface area (Å²) in [5.41, 5.74) is 4.58. The molecule has 100 valence electrons.